The Hall–Kier alpha value is -2.52. The van der Waals surface area contributed by atoms with E-state index in [4.69, 9.17) is 15.7 Å². The molecule has 0 saturated heterocycles. The Labute approximate surface area is 130 Å². The molecule has 0 unspecified atom stereocenters. The van der Waals surface area contributed by atoms with Gasteiger partial charge < -0.3 is 15.8 Å². The van der Waals surface area contributed by atoms with E-state index in [1.54, 1.807) is 42.5 Å². The largest absolute Gasteiger partial charge is 0.479 e. The molecule has 0 aliphatic heterocycles. The number of nitrogens with one attached hydrogen (secondary N) is 1. The van der Waals surface area contributed by atoms with Gasteiger partial charge in [0.05, 0.1) is 5.56 Å². The lowest BCUT2D eigenvalue weighted by molar-refractivity contribution is 0.102. The van der Waals surface area contributed by atoms with Gasteiger partial charge in [0.2, 0.25) is 0 Å². The Kier molecular flexibility index (Phi) is 4.80. The van der Waals surface area contributed by atoms with Crippen LogP contribution in [0.4, 0.5) is 11.4 Å². The zero-order valence-electron chi connectivity index (χ0n) is 11.0. The van der Waals surface area contributed by atoms with E-state index in [0.717, 1.165) is 4.47 Å². The molecule has 0 bridgehead atoms. The molecule has 0 saturated carbocycles. The van der Waals surface area contributed by atoms with E-state index >= 15 is 0 Å². The Morgan fingerprint density at radius 1 is 1.29 bits per heavy atom. The van der Waals surface area contributed by atoms with Crippen molar-refractivity contribution in [2.75, 3.05) is 17.7 Å². The van der Waals surface area contributed by atoms with Gasteiger partial charge in [-0.2, -0.15) is 5.26 Å². The molecule has 1 amide bonds. The molecular weight excluding hydrogens is 334 g/mol. The van der Waals surface area contributed by atoms with Crippen LogP contribution in [-0.4, -0.2) is 12.5 Å². The van der Waals surface area contributed by atoms with Gasteiger partial charge >= 0.3 is 0 Å². The van der Waals surface area contributed by atoms with Crippen molar-refractivity contribution >= 4 is 33.2 Å². The van der Waals surface area contributed by atoms with Gasteiger partial charge in [-0.05, 0) is 42.5 Å². The number of anilines is 2. The summed E-state index contributed by atoms with van der Waals surface area (Å²) in [6.07, 6.45) is 0. The molecule has 2 aromatic rings. The second kappa shape index (κ2) is 6.77. The van der Waals surface area contributed by atoms with Crippen molar-refractivity contribution in [2.45, 2.75) is 0 Å². The van der Waals surface area contributed by atoms with Crippen LogP contribution in [0.2, 0.25) is 0 Å². The number of halogens is 1. The van der Waals surface area contributed by atoms with Gasteiger partial charge in [0.25, 0.3) is 5.91 Å². The second-order valence-corrected chi connectivity index (χ2v) is 5.07. The first kappa shape index (κ1) is 14.9. The van der Waals surface area contributed by atoms with Crippen LogP contribution >= 0.6 is 15.9 Å². The van der Waals surface area contributed by atoms with Gasteiger partial charge in [0.15, 0.2) is 6.61 Å². The molecule has 2 aromatic carbocycles. The molecular formula is C15H12BrN3O2. The van der Waals surface area contributed by atoms with Crippen LogP contribution < -0.4 is 15.8 Å². The zero-order chi connectivity index (χ0) is 15.2. The van der Waals surface area contributed by atoms with Gasteiger partial charge in [0, 0.05) is 15.8 Å². The van der Waals surface area contributed by atoms with E-state index in [-0.39, 0.29) is 12.5 Å². The maximum Gasteiger partial charge on any atom is 0.257 e. The summed E-state index contributed by atoms with van der Waals surface area (Å²) in [5, 5.41) is 11.2. The van der Waals surface area contributed by atoms with E-state index in [2.05, 4.69) is 21.2 Å². The van der Waals surface area contributed by atoms with Gasteiger partial charge in [-0.3, -0.25) is 4.79 Å². The third-order valence-corrected chi connectivity index (χ3v) is 3.17. The fourth-order valence-electron chi connectivity index (χ4n) is 1.67. The molecule has 0 heterocycles. The number of ether oxygens (including phenoxy) is 1. The Morgan fingerprint density at radius 3 is 2.67 bits per heavy atom. The monoisotopic (exact) mass is 345 g/mol. The minimum absolute atomic E-state index is 0.0136. The minimum atomic E-state index is -0.292. The molecule has 6 heteroatoms. The van der Waals surface area contributed by atoms with E-state index in [9.17, 15) is 4.79 Å². The second-order valence-electron chi connectivity index (χ2n) is 4.16. The van der Waals surface area contributed by atoms with Crippen LogP contribution in [0.15, 0.2) is 46.9 Å². The highest BCUT2D eigenvalue weighted by molar-refractivity contribution is 9.10. The summed E-state index contributed by atoms with van der Waals surface area (Å²) in [7, 11) is 0. The highest BCUT2D eigenvalue weighted by Crippen LogP contribution is 2.21. The van der Waals surface area contributed by atoms with Crippen LogP contribution in [-0.2, 0) is 0 Å². The smallest absolute Gasteiger partial charge is 0.257 e. The Bertz CT molecular complexity index is 693. The fraction of sp³-hybridized carbons (Fsp3) is 0.0667. The van der Waals surface area contributed by atoms with E-state index < -0.39 is 0 Å². The van der Waals surface area contributed by atoms with Gasteiger partial charge in [-0.1, -0.05) is 15.9 Å². The molecule has 2 rings (SSSR count). The molecule has 106 valence electrons. The number of nitrogen functional groups attached to an aromatic ring is 1. The minimum Gasteiger partial charge on any atom is -0.479 e. The number of nitrogens with zero attached hydrogens (tertiary/aromatic N) is 1. The number of hydrogen-bond donors (Lipinski definition) is 2. The number of carbonyl (C=O) groups is 1. The van der Waals surface area contributed by atoms with Crippen LogP contribution in [0.3, 0.4) is 0 Å². The van der Waals surface area contributed by atoms with Crippen LogP contribution in [0, 0.1) is 11.3 Å². The third-order valence-electron chi connectivity index (χ3n) is 2.68. The number of benzene rings is 2. The predicted octanol–water partition coefficient (Wildman–Crippen LogP) is 3.19. The van der Waals surface area contributed by atoms with E-state index in [0.29, 0.717) is 22.7 Å². The summed E-state index contributed by atoms with van der Waals surface area (Å²) < 4.78 is 5.91. The highest BCUT2D eigenvalue weighted by Gasteiger charge is 2.10. The van der Waals surface area contributed by atoms with Crippen molar-refractivity contribution < 1.29 is 9.53 Å². The van der Waals surface area contributed by atoms with Crippen molar-refractivity contribution in [3.63, 3.8) is 0 Å². The Morgan fingerprint density at radius 2 is 2.00 bits per heavy atom. The number of amides is 1. The van der Waals surface area contributed by atoms with Gasteiger partial charge in [-0.25, -0.2) is 0 Å². The summed E-state index contributed by atoms with van der Waals surface area (Å²) in [4.78, 5) is 12.2. The summed E-state index contributed by atoms with van der Waals surface area (Å²) >= 11 is 3.31. The van der Waals surface area contributed by atoms with Crippen molar-refractivity contribution in [3.05, 3.63) is 52.5 Å². The maximum absolute atomic E-state index is 12.2. The number of carbonyl (C=O) groups excluding carboxylic acids is 1. The number of nitriles is 1. The van der Waals surface area contributed by atoms with Crippen molar-refractivity contribution in [3.8, 4) is 11.8 Å². The first-order valence-corrected chi connectivity index (χ1v) is 6.85. The summed E-state index contributed by atoms with van der Waals surface area (Å²) in [5.74, 6) is 0.274. The molecule has 0 aliphatic carbocycles. The standard InChI is InChI=1S/C15H12BrN3O2/c16-10-1-6-14(18)13(9-10)15(20)19-11-2-4-12(5-3-11)21-8-7-17/h1-6,9H,8,18H2,(H,19,20). The molecule has 21 heavy (non-hydrogen) atoms. The molecule has 0 aromatic heterocycles. The first-order valence-electron chi connectivity index (χ1n) is 6.06. The highest BCUT2D eigenvalue weighted by atomic mass is 79.9. The SMILES string of the molecule is N#CCOc1ccc(NC(=O)c2cc(Br)ccc2N)cc1. The quantitative estimate of drug-likeness (QED) is 0.833. The Balaban J connectivity index is 2.09. The lowest BCUT2D eigenvalue weighted by Gasteiger charge is -2.09. The topological polar surface area (TPSA) is 88.1 Å². The number of rotatable bonds is 4. The molecule has 0 radical (unpaired) electrons. The average Bonchev–Trinajstić information content (AvgIpc) is 2.49. The maximum atomic E-state index is 12.2. The van der Waals surface area contributed by atoms with Gasteiger partial charge in [-0.15, -0.1) is 0 Å². The van der Waals surface area contributed by atoms with Crippen molar-refractivity contribution in [1.82, 2.24) is 0 Å². The molecule has 3 N–H and O–H groups in total. The zero-order valence-corrected chi connectivity index (χ0v) is 12.6. The van der Waals surface area contributed by atoms with Crippen LogP contribution in [0.5, 0.6) is 5.75 Å². The first-order chi connectivity index (χ1) is 10.1. The van der Waals surface area contributed by atoms with Crippen molar-refractivity contribution in [1.29, 1.82) is 5.26 Å². The van der Waals surface area contributed by atoms with Crippen LogP contribution in [0.25, 0.3) is 0 Å². The predicted molar refractivity (Wildman–Crippen MR) is 84.1 cm³/mol. The van der Waals surface area contributed by atoms with Crippen LogP contribution in [0.1, 0.15) is 10.4 Å². The lowest BCUT2D eigenvalue weighted by atomic mass is 10.1. The number of hydrogen-bond acceptors (Lipinski definition) is 4. The summed E-state index contributed by atoms with van der Waals surface area (Å²) in [6, 6.07) is 13.7. The molecule has 0 aliphatic rings. The number of nitrogens with two attached hydrogens (primary N) is 1. The van der Waals surface area contributed by atoms with E-state index in [1.807, 2.05) is 6.07 Å². The molecule has 0 fully saturated rings. The molecule has 5 nitrogen and oxygen atoms in total. The van der Waals surface area contributed by atoms with Crippen molar-refractivity contribution in [2.24, 2.45) is 0 Å². The third kappa shape index (κ3) is 3.97. The lowest BCUT2D eigenvalue weighted by Crippen LogP contribution is -2.14. The van der Waals surface area contributed by atoms with Gasteiger partial charge in [0.1, 0.15) is 11.8 Å². The molecule has 0 atom stereocenters. The summed E-state index contributed by atoms with van der Waals surface area (Å²) in [5.41, 5.74) is 7.21. The average molecular weight is 346 g/mol. The fourth-order valence-corrected chi connectivity index (χ4v) is 2.03. The molecule has 0 spiro atoms. The van der Waals surface area contributed by atoms with E-state index in [1.165, 1.54) is 0 Å². The summed E-state index contributed by atoms with van der Waals surface area (Å²) in [6.45, 7) is -0.0136. The normalized spacial score (nSPS) is 9.71.